The van der Waals surface area contributed by atoms with Gasteiger partial charge in [-0.3, -0.25) is 19.3 Å². The van der Waals surface area contributed by atoms with Crippen LogP contribution in [0.15, 0.2) is 0 Å². The highest BCUT2D eigenvalue weighted by Gasteiger charge is 2.47. The van der Waals surface area contributed by atoms with Gasteiger partial charge in [0.05, 0.1) is 17.9 Å². The van der Waals surface area contributed by atoms with Crippen LogP contribution in [0.4, 0.5) is 0 Å². The minimum absolute atomic E-state index is 0.0631. The first-order valence-corrected chi connectivity index (χ1v) is 8.90. The molecular formula is C17H26N2O4. The molecule has 3 rings (SSSR count). The molecule has 3 amide bonds. The molecule has 2 saturated heterocycles. The van der Waals surface area contributed by atoms with E-state index in [2.05, 4.69) is 5.32 Å². The molecule has 0 aromatic rings. The van der Waals surface area contributed by atoms with Crippen molar-refractivity contribution in [1.82, 2.24) is 10.2 Å². The van der Waals surface area contributed by atoms with Gasteiger partial charge < -0.3 is 10.1 Å². The van der Waals surface area contributed by atoms with E-state index < -0.39 is 0 Å². The summed E-state index contributed by atoms with van der Waals surface area (Å²) in [5.74, 6) is -0.477. The maximum absolute atomic E-state index is 12.3. The van der Waals surface area contributed by atoms with Gasteiger partial charge in [-0.15, -0.1) is 0 Å². The summed E-state index contributed by atoms with van der Waals surface area (Å²) in [5.41, 5.74) is 0. The van der Waals surface area contributed by atoms with Crippen LogP contribution in [0, 0.1) is 11.8 Å². The number of nitrogens with one attached hydrogen (secondary N) is 1. The summed E-state index contributed by atoms with van der Waals surface area (Å²) in [6, 6.07) is 0. The number of imide groups is 1. The number of likely N-dealkylation sites (tertiary alicyclic amines) is 1. The molecule has 6 heteroatoms. The first kappa shape index (κ1) is 16.4. The van der Waals surface area contributed by atoms with Crippen molar-refractivity contribution in [3.63, 3.8) is 0 Å². The van der Waals surface area contributed by atoms with Gasteiger partial charge in [-0.25, -0.2) is 0 Å². The van der Waals surface area contributed by atoms with E-state index in [9.17, 15) is 14.4 Å². The van der Waals surface area contributed by atoms with E-state index in [1.165, 1.54) is 4.90 Å². The number of hydrogen-bond acceptors (Lipinski definition) is 4. The first-order valence-electron chi connectivity index (χ1n) is 8.90. The molecule has 2 aliphatic heterocycles. The number of carbonyl (C=O) groups is 3. The fraction of sp³-hybridized carbons (Fsp3) is 0.824. The maximum Gasteiger partial charge on any atom is 0.233 e. The Morgan fingerprint density at radius 3 is 2.39 bits per heavy atom. The lowest BCUT2D eigenvalue weighted by Crippen LogP contribution is -2.36. The largest absolute Gasteiger partial charge is 0.378 e. The number of nitrogens with zero attached hydrogens (tertiary/aromatic N) is 1. The van der Waals surface area contributed by atoms with Gasteiger partial charge in [0.2, 0.25) is 17.7 Å². The molecule has 3 fully saturated rings. The molecule has 0 aromatic heterocycles. The third-order valence-corrected chi connectivity index (χ3v) is 5.31. The van der Waals surface area contributed by atoms with Gasteiger partial charge in [0.1, 0.15) is 0 Å². The minimum atomic E-state index is -0.126. The molecule has 0 radical (unpaired) electrons. The highest BCUT2D eigenvalue weighted by molar-refractivity contribution is 6.05. The summed E-state index contributed by atoms with van der Waals surface area (Å²) in [4.78, 5) is 37.8. The summed E-state index contributed by atoms with van der Waals surface area (Å²) in [7, 11) is 0. The summed E-state index contributed by atoms with van der Waals surface area (Å²) in [6.07, 6.45) is 7.14. The SMILES string of the molecule is O=C(CCN1C(=O)C2CCCCC2C1=O)NCCC1CCCO1. The van der Waals surface area contributed by atoms with E-state index in [0.29, 0.717) is 6.54 Å². The summed E-state index contributed by atoms with van der Waals surface area (Å²) < 4.78 is 5.51. The van der Waals surface area contributed by atoms with Crippen LogP contribution in [-0.4, -0.2) is 48.4 Å². The number of carbonyl (C=O) groups excluding carboxylic acids is 3. The van der Waals surface area contributed by atoms with Crippen LogP contribution < -0.4 is 5.32 Å². The van der Waals surface area contributed by atoms with Gasteiger partial charge >= 0.3 is 0 Å². The maximum atomic E-state index is 12.3. The number of amides is 3. The fourth-order valence-corrected chi connectivity index (χ4v) is 4.00. The zero-order valence-electron chi connectivity index (χ0n) is 13.6. The van der Waals surface area contributed by atoms with Gasteiger partial charge in [0.25, 0.3) is 0 Å². The molecule has 2 heterocycles. The van der Waals surface area contributed by atoms with Crippen LogP contribution in [0.5, 0.6) is 0 Å². The molecule has 128 valence electrons. The zero-order valence-corrected chi connectivity index (χ0v) is 13.6. The van der Waals surface area contributed by atoms with Gasteiger partial charge in [-0.05, 0) is 32.1 Å². The molecule has 0 bridgehead atoms. The van der Waals surface area contributed by atoms with Crippen molar-refractivity contribution < 1.29 is 19.1 Å². The number of fused-ring (bicyclic) bond motifs is 1. The highest BCUT2D eigenvalue weighted by Crippen LogP contribution is 2.37. The Balaban J connectivity index is 1.39. The molecule has 3 atom stereocenters. The first-order chi connectivity index (χ1) is 11.2. The monoisotopic (exact) mass is 322 g/mol. The predicted molar refractivity (Wildman–Crippen MR) is 83.4 cm³/mol. The second-order valence-corrected chi connectivity index (χ2v) is 6.85. The van der Waals surface area contributed by atoms with Crippen molar-refractivity contribution in [1.29, 1.82) is 0 Å². The van der Waals surface area contributed by atoms with Gasteiger partial charge in [-0.1, -0.05) is 12.8 Å². The molecule has 1 saturated carbocycles. The van der Waals surface area contributed by atoms with Gasteiger partial charge in [0, 0.05) is 26.1 Å². The average Bonchev–Trinajstić information content (AvgIpc) is 3.15. The van der Waals surface area contributed by atoms with E-state index in [-0.39, 0.29) is 48.6 Å². The average molecular weight is 322 g/mol. The standard InChI is InChI=1S/C17H26N2O4/c20-15(18-9-7-12-4-3-11-23-12)8-10-19-16(21)13-5-1-2-6-14(13)17(19)22/h12-14H,1-11H2,(H,18,20). The molecular weight excluding hydrogens is 296 g/mol. The van der Waals surface area contributed by atoms with Crippen molar-refractivity contribution in [3.8, 4) is 0 Å². The molecule has 1 N–H and O–H groups in total. The number of ether oxygens (including phenoxy) is 1. The van der Waals surface area contributed by atoms with E-state index in [0.717, 1.165) is 51.6 Å². The normalized spacial score (nSPS) is 30.6. The molecule has 23 heavy (non-hydrogen) atoms. The van der Waals surface area contributed by atoms with Crippen molar-refractivity contribution in [2.45, 2.75) is 57.5 Å². The van der Waals surface area contributed by atoms with Crippen molar-refractivity contribution >= 4 is 17.7 Å². The van der Waals surface area contributed by atoms with E-state index >= 15 is 0 Å². The van der Waals surface area contributed by atoms with Crippen molar-refractivity contribution in [2.75, 3.05) is 19.7 Å². The smallest absolute Gasteiger partial charge is 0.233 e. The second-order valence-electron chi connectivity index (χ2n) is 6.85. The van der Waals surface area contributed by atoms with Crippen molar-refractivity contribution in [2.24, 2.45) is 11.8 Å². The van der Waals surface area contributed by atoms with E-state index in [1.807, 2.05) is 0 Å². The number of hydrogen-bond donors (Lipinski definition) is 1. The lowest BCUT2D eigenvalue weighted by atomic mass is 9.81. The van der Waals surface area contributed by atoms with Crippen LogP contribution in [-0.2, 0) is 19.1 Å². The molecule has 3 aliphatic rings. The zero-order chi connectivity index (χ0) is 16.2. The van der Waals surface area contributed by atoms with E-state index in [1.54, 1.807) is 0 Å². The van der Waals surface area contributed by atoms with Crippen LogP contribution in [0.25, 0.3) is 0 Å². The Kier molecular flexibility index (Phi) is 5.30. The van der Waals surface area contributed by atoms with Crippen LogP contribution in [0.2, 0.25) is 0 Å². The summed E-state index contributed by atoms with van der Waals surface area (Å²) in [6.45, 7) is 1.63. The Labute approximate surface area is 136 Å². The van der Waals surface area contributed by atoms with Crippen LogP contribution in [0.3, 0.4) is 0 Å². The topological polar surface area (TPSA) is 75.7 Å². The third kappa shape index (κ3) is 3.74. The summed E-state index contributed by atoms with van der Waals surface area (Å²) >= 11 is 0. The quantitative estimate of drug-likeness (QED) is 0.747. The van der Waals surface area contributed by atoms with Gasteiger partial charge in [0.15, 0.2) is 0 Å². The molecule has 0 aromatic carbocycles. The lowest BCUT2D eigenvalue weighted by molar-refractivity contribution is -0.140. The molecule has 6 nitrogen and oxygen atoms in total. The van der Waals surface area contributed by atoms with Crippen LogP contribution in [0.1, 0.15) is 51.4 Å². The van der Waals surface area contributed by atoms with Crippen molar-refractivity contribution in [3.05, 3.63) is 0 Å². The lowest BCUT2D eigenvalue weighted by Gasteiger charge is -2.19. The summed E-state index contributed by atoms with van der Waals surface area (Å²) in [5, 5.41) is 2.86. The Hall–Kier alpha value is -1.43. The molecule has 3 unspecified atom stereocenters. The van der Waals surface area contributed by atoms with E-state index in [4.69, 9.17) is 4.74 Å². The second kappa shape index (κ2) is 7.43. The molecule has 0 spiro atoms. The Morgan fingerprint density at radius 2 is 1.78 bits per heavy atom. The third-order valence-electron chi connectivity index (χ3n) is 5.31. The highest BCUT2D eigenvalue weighted by atomic mass is 16.5. The molecule has 1 aliphatic carbocycles. The van der Waals surface area contributed by atoms with Crippen LogP contribution >= 0.6 is 0 Å². The Bertz CT molecular complexity index is 449. The van der Waals surface area contributed by atoms with Gasteiger partial charge in [-0.2, -0.15) is 0 Å². The minimum Gasteiger partial charge on any atom is -0.378 e. The number of rotatable bonds is 6. The predicted octanol–water partition coefficient (Wildman–Crippen LogP) is 1.24. The fourth-order valence-electron chi connectivity index (χ4n) is 4.00. The Morgan fingerprint density at radius 1 is 1.09 bits per heavy atom.